The number of hydrogen-bond acceptors (Lipinski definition) is 4. The van der Waals surface area contributed by atoms with E-state index in [0.717, 1.165) is 39.0 Å². The van der Waals surface area contributed by atoms with Gasteiger partial charge in [0.05, 0.1) is 19.8 Å². The van der Waals surface area contributed by atoms with Crippen LogP contribution in [-0.4, -0.2) is 67.4 Å². The summed E-state index contributed by atoms with van der Waals surface area (Å²) in [5.74, 6) is -0.102. The van der Waals surface area contributed by atoms with Crippen LogP contribution in [0.25, 0.3) is 0 Å². The summed E-state index contributed by atoms with van der Waals surface area (Å²) in [6.07, 6.45) is 4.10. The van der Waals surface area contributed by atoms with Gasteiger partial charge in [-0.05, 0) is 25.9 Å². The van der Waals surface area contributed by atoms with Gasteiger partial charge in [0.1, 0.15) is 0 Å². The maximum atomic E-state index is 12.2. The normalized spacial score (nSPS) is 28.1. The van der Waals surface area contributed by atoms with Crippen molar-refractivity contribution in [3.8, 4) is 0 Å². The zero-order chi connectivity index (χ0) is 12.4. The van der Waals surface area contributed by atoms with E-state index < -0.39 is 0 Å². The lowest BCUT2D eigenvalue weighted by atomic mass is 10.0. The van der Waals surface area contributed by atoms with Crippen molar-refractivity contribution in [2.45, 2.75) is 31.5 Å². The minimum absolute atomic E-state index is 0.268. The Morgan fingerprint density at radius 3 is 2.22 bits per heavy atom. The number of hydrogen-bond donors (Lipinski definition) is 0. The number of ether oxygens (including phenoxy) is 2. The molecule has 0 aliphatic carbocycles. The van der Waals surface area contributed by atoms with Crippen molar-refractivity contribution in [1.82, 2.24) is 9.80 Å². The number of rotatable bonds is 2. The quantitative estimate of drug-likeness (QED) is 0.717. The molecule has 0 unspecified atom stereocenters. The first-order valence-electron chi connectivity index (χ1n) is 7.06. The lowest BCUT2D eigenvalue weighted by Crippen LogP contribution is -2.49. The van der Waals surface area contributed by atoms with Crippen LogP contribution < -0.4 is 0 Å². The molecular formula is C13H22N2O3. The Kier molecular flexibility index (Phi) is 3.54. The van der Waals surface area contributed by atoms with E-state index in [2.05, 4.69) is 4.90 Å². The van der Waals surface area contributed by atoms with Crippen molar-refractivity contribution in [2.24, 2.45) is 0 Å². The Labute approximate surface area is 108 Å². The Bertz CT molecular complexity index is 299. The summed E-state index contributed by atoms with van der Waals surface area (Å²) in [4.78, 5) is 16.4. The van der Waals surface area contributed by atoms with Crippen molar-refractivity contribution < 1.29 is 14.3 Å². The van der Waals surface area contributed by atoms with Crippen molar-refractivity contribution in [3.05, 3.63) is 0 Å². The molecule has 3 aliphatic heterocycles. The van der Waals surface area contributed by atoms with Crippen LogP contribution in [0.2, 0.25) is 0 Å². The lowest BCUT2D eigenvalue weighted by molar-refractivity contribution is -0.187. The van der Waals surface area contributed by atoms with E-state index in [1.807, 2.05) is 4.90 Å². The van der Waals surface area contributed by atoms with Gasteiger partial charge in [-0.2, -0.15) is 0 Å². The van der Waals surface area contributed by atoms with Crippen LogP contribution in [-0.2, 0) is 14.3 Å². The minimum Gasteiger partial charge on any atom is -0.347 e. The van der Waals surface area contributed by atoms with Crippen LogP contribution in [0.1, 0.15) is 25.7 Å². The molecule has 0 atom stereocenters. The molecule has 0 radical (unpaired) electrons. The molecule has 0 aromatic rings. The van der Waals surface area contributed by atoms with Crippen LogP contribution >= 0.6 is 0 Å². The van der Waals surface area contributed by atoms with Gasteiger partial charge in [-0.25, -0.2) is 0 Å². The van der Waals surface area contributed by atoms with E-state index in [0.29, 0.717) is 19.8 Å². The number of likely N-dealkylation sites (tertiary alicyclic amines) is 2. The Hall–Kier alpha value is -0.650. The van der Waals surface area contributed by atoms with Crippen molar-refractivity contribution in [3.63, 3.8) is 0 Å². The fraction of sp³-hybridized carbons (Fsp3) is 0.923. The smallest absolute Gasteiger partial charge is 0.236 e. The van der Waals surface area contributed by atoms with E-state index in [9.17, 15) is 4.79 Å². The third-order valence-electron chi connectivity index (χ3n) is 4.25. The van der Waals surface area contributed by atoms with E-state index in [1.165, 1.54) is 12.8 Å². The Morgan fingerprint density at radius 2 is 1.61 bits per heavy atom. The molecule has 18 heavy (non-hydrogen) atoms. The number of carbonyl (C=O) groups excluding carboxylic acids is 1. The van der Waals surface area contributed by atoms with E-state index >= 15 is 0 Å². The molecule has 0 bridgehead atoms. The highest BCUT2D eigenvalue weighted by atomic mass is 16.7. The molecule has 3 rings (SSSR count). The molecule has 0 saturated carbocycles. The molecule has 1 spiro atoms. The minimum atomic E-state index is -0.371. The van der Waals surface area contributed by atoms with E-state index in [-0.39, 0.29) is 11.7 Å². The monoisotopic (exact) mass is 254 g/mol. The van der Waals surface area contributed by atoms with Crippen LogP contribution in [0.15, 0.2) is 0 Å². The van der Waals surface area contributed by atoms with Gasteiger partial charge < -0.3 is 14.4 Å². The molecule has 0 N–H and O–H groups in total. The molecule has 5 heteroatoms. The third kappa shape index (κ3) is 2.53. The molecule has 3 saturated heterocycles. The highest BCUT2D eigenvalue weighted by Crippen LogP contribution is 2.31. The standard InChI is InChI=1S/C13H22N2O3/c16-12(11-14-5-1-2-6-14)15-7-3-13(4-8-15)17-9-10-18-13/h1-11H2. The van der Waals surface area contributed by atoms with Gasteiger partial charge >= 0.3 is 0 Å². The van der Waals surface area contributed by atoms with E-state index in [1.54, 1.807) is 0 Å². The predicted molar refractivity (Wildman–Crippen MR) is 66.1 cm³/mol. The molecule has 0 aromatic heterocycles. The fourth-order valence-electron chi connectivity index (χ4n) is 3.11. The van der Waals surface area contributed by atoms with Crippen molar-refractivity contribution >= 4 is 5.91 Å². The summed E-state index contributed by atoms with van der Waals surface area (Å²) in [7, 11) is 0. The van der Waals surface area contributed by atoms with Crippen LogP contribution in [0.4, 0.5) is 0 Å². The average Bonchev–Trinajstić information content (AvgIpc) is 3.03. The molecule has 3 fully saturated rings. The van der Waals surface area contributed by atoms with Gasteiger partial charge in [-0.3, -0.25) is 9.69 Å². The first-order chi connectivity index (χ1) is 8.77. The number of nitrogens with zero attached hydrogens (tertiary/aromatic N) is 2. The lowest BCUT2D eigenvalue weighted by Gasteiger charge is -2.38. The third-order valence-corrected chi connectivity index (χ3v) is 4.25. The summed E-state index contributed by atoms with van der Waals surface area (Å²) in [6.45, 7) is 5.68. The maximum Gasteiger partial charge on any atom is 0.236 e. The Morgan fingerprint density at radius 1 is 1.00 bits per heavy atom. The second kappa shape index (κ2) is 5.15. The summed E-state index contributed by atoms with van der Waals surface area (Å²) in [6, 6.07) is 0. The molecule has 0 aromatic carbocycles. The molecule has 3 heterocycles. The topological polar surface area (TPSA) is 42.0 Å². The molecule has 102 valence electrons. The molecule has 5 nitrogen and oxygen atoms in total. The second-order valence-corrected chi connectivity index (χ2v) is 5.47. The van der Waals surface area contributed by atoms with Crippen LogP contribution in [0.3, 0.4) is 0 Å². The molecule has 1 amide bonds. The summed E-state index contributed by atoms with van der Waals surface area (Å²) < 4.78 is 11.3. The fourth-order valence-corrected chi connectivity index (χ4v) is 3.11. The van der Waals surface area contributed by atoms with Gasteiger partial charge in [-0.1, -0.05) is 0 Å². The van der Waals surface area contributed by atoms with Gasteiger partial charge in [0.15, 0.2) is 5.79 Å². The number of piperidine rings is 1. The van der Waals surface area contributed by atoms with Crippen molar-refractivity contribution in [2.75, 3.05) is 45.9 Å². The largest absolute Gasteiger partial charge is 0.347 e. The highest BCUT2D eigenvalue weighted by molar-refractivity contribution is 5.78. The van der Waals surface area contributed by atoms with Crippen molar-refractivity contribution in [1.29, 1.82) is 0 Å². The van der Waals surface area contributed by atoms with Gasteiger partial charge in [0, 0.05) is 25.9 Å². The average molecular weight is 254 g/mol. The number of amides is 1. The highest BCUT2D eigenvalue weighted by Gasteiger charge is 2.40. The van der Waals surface area contributed by atoms with Crippen LogP contribution in [0, 0.1) is 0 Å². The van der Waals surface area contributed by atoms with E-state index in [4.69, 9.17) is 9.47 Å². The summed E-state index contributed by atoms with van der Waals surface area (Å²) in [5, 5.41) is 0. The number of carbonyl (C=O) groups is 1. The maximum absolute atomic E-state index is 12.2. The molecule has 3 aliphatic rings. The first-order valence-corrected chi connectivity index (χ1v) is 7.06. The van der Waals surface area contributed by atoms with Gasteiger partial charge in [-0.15, -0.1) is 0 Å². The van der Waals surface area contributed by atoms with Crippen LogP contribution in [0.5, 0.6) is 0 Å². The predicted octanol–water partition coefficient (Wildman–Crippen LogP) is 0.448. The second-order valence-electron chi connectivity index (χ2n) is 5.47. The summed E-state index contributed by atoms with van der Waals surface area (Å²) >= 11 is 0. The Balaban J connectivity index is 1.48. The zero-order valence-electron chi connectivity index (χ0n) is 10.9. The summed E-state index contributed by atoms with van der Waals surface area (Å²) in [5.41, 5.74) is 0. The van der Waals surface area contributed by atoms with Gasteiger partial charge in [0.25, 0.3) is 0 Å². The first kappa shape index (κ1) is 12.4. The zero-order valence-corrected chi connectivity index (χ0v) is 10.9. The van der Waals surface area contributed by atoms with Gasteiger partial charge in [0.2, 0.25) is 5.91 Å². The SMILES string of the molecule is O=C(CN1CCCC1)N1CCC2(CC1)OCCO2. The molecular weight excluding hydrogens is 232 g/mol.